The van der Waals surface area contributed by atoms with E-state index in [1.165, 1.54) is 24.3 Å². The molecular formula is C23H19ClF4N4O2. The molecule has 3 rings (SSSR count). The minimum atomic E-state index is -4.62. The Hall–Kier alpha value is -3.79. The van der Waals surface area contributed by atoms with Crippen LogP contribution in [0, 0.1) is 5.82 Å². The Morgan fingerprint density at radius 1 is 0.912 bits per heavy atom. The van der Waals surface area contributed by atoms with E-state index in [9.17, 15) is 27.2 Å². The minimum Gasteiger partial charge on any atom is -0.336 e. The van der Waals surface area contributed by atoms with Crippen molar-refractivity contribution in [3.05, 3.63) is 89.2 Å². The summed E-state index contributed by atoms with van der Waals surface area (Å²) in [7, 11) is 0. The molecule has 3 N–H and O–H groups in total. The number of hydrogen-bond donors (Lipinski definition) is 3. The standard InChI is InChI=1S/C23H19ClF4N4O2/c24-16-8-10-17(11-9-16)30-21(33)29-12-13-32(18-5-3-4-15(14-18)23(26,27)28)22(34)31-20-7-2-1-6-19(20)25/h1-11,14H,12-13H2,(H,31,34)(H2,29,30,33). The van der Waals surface area contributed by atoms with Crippen LogP contribution in [0.5, 0.6) is 0 Å². The number of anilines is 3. The first-order chi connectivity index (χ1) is 16.1. The van der Waals surface area contributed by atoms with Crippen molar-refractivity contribution >= 4 is 40.7 Å². The Morgan fingerprint density at radius 2 is 1.62 bits per heavy atom. The summed E-state index contributed by atoms with van der Waals surface area (Å²) in [5, 5.41) is 7.91. The second-order valence-electron chi connectivity index (χ2n) is 7.00. The van der Waals surface area contributed by atoms with Gasteiger partial charge in [0.25, 0.3) is 0 Å². The molecule has 0 aliphatic heterocycles. The van der Waals surface area contributed by atoms with Crippen LogP contribution in [0.25, 0.3) is 0 Å². The van der Waals surface area contributed by atoms with E-state index in [-0.39, 0.29) is 24.5 Å². The van der Waals surface area contributed by atoms with E-state index in [1.807, 2.05) is 0 Å². The number of para-hydroxylation sites is 1. The van der Waals surface area contributed by atoms with E-state index < -0.39 is 29.6 Å². The highest BCUT2D eigenvalue weighted by Gasteiger charge is 2.31. The number of alkyl halides is 3. The van der Waals surface area contributed by atoms with Gasteiger partial charge in [0.05, 0.1) is 11.3 Å². The van der Waals surface area contributed by atoms with E-state index in [2.05, 4.69) is 16.0 Å². The molecule has 3 aromatic rings. The number of nitrogens with zero attached hydrogens (tertiary/aromatic N) is 1. The van der Waals surface area contributed by atoms with E-state index in [4.69, 9.17) is 11.6 Å². The molecule has 0 saturated heterocycles. The summed E-state index contributed by atoms with van der Waals surface area (Å²) in [4.78, 5) is 26.0. The highest BCUT2D eigenvalue weighted by atomic mass is 35.5. The molecule has 4 amide bonds. The van der Waals surface area contributed by atoms with Gasteiger partial charge in [-0.1, -0.05) is 29.8 Å². The summed E-state index contributed by atoms with van der Waals surface area (Å²) in [6.45, 7) is -0.310. The second-order valence-corrected chi connectivity index (χ2v) is 7.43. The smallest absolute Gasteiger partial charge is 0.336 e. The predicted molar refractivity (Wildman–Crippen MR) is 123 cm³/mol. The fraction of sp³-hybridized carbons (Fsp3) is 0.130. The maximum Gasteiger partial charge on any atom is 0.416 e. The van der Waals surface area contributed by atoms with Crippen LogP contribution in [0.15, 0.2) is 72.8 Å². The normalized spacial score (nSPS) is 11.0. The minimum absolute atomic E-state index is 0.0800. The monoisotopic (exact) mass is 494 g/mol. The van der Waals surface area contributed by atoms with E-state index >= 15 is 0 Å². The summed E-state index contributed by atoms with van der Waals surface area (Å²) in [6, 6.07) is 14.4. The Bertz CT molecular complexity index is 1160. The second kappa shape index (κ2) is 10.9. The summed E-state index contributed by atoms with van der Waals surface area (Å²) < 4.78 is 53.5. The number of carbonyl (C=O) groups is 2. The Morgan fingerprint density at radius 3 is 2.29 bits per heavy atom. The van der Waals surface area contributed by atoms with Gasteiger partial charge in [0.15, 0.2) is 0 Å². The highest BCUT2D eigenvalue weighted by molar-refractivity contribution is 6.30. The lowest BCUT2D eigenvalue weighted by Crippen LogP contribution is -2.42. The molecular weight excluding hydrogens is 476 g/mol. The maximum atomic E-state index is 14.0. The zero-order valence-corrected chi connectivity index (χ0v) is 18.3. The number of urea groups is 2. The highest BCUT2D eigenvalue weighted by Crippen LogP contribution is 2.32. The molecule has 0 atom stereocenters. The molecule has 6 nitrogen and oxygen atoms in total. The number of nitrogens with one attached hydrogen (secondary N) is 3. The van der Waals surface area contributed by atoms with Gasteiger partial charge < -0.3 is 16.0 Å². The fourth-order valence-electron chi connectivity index (χ4n) is 2.93. The van der Waals surface area contributed by atoms with Crippen molar-refractivity contribution in [3.63, 3.8) is 0 Å². The fourth-order valence-corrected chi connectivity index (χ4v) is 3.06. The molecule has 0 aliphatic rings. The van der Waals surface area contributed by atoms with Crippen LogP contribution in [-0.4, -0.2) is 25.2 Å². The van der Waals surface area contributed by atoms with Crippen molar-refractivity contribution in [2.24, 2.45) is 0 Å². The van der Waals surface area contributed by atoms with Crippen LogP contribution >= 0.6 is 11.6 Å². The van der Waals surface area contributed by atoms with Crippen molar-refractivity contribution in [3.8, 4) is 0 Å². The number of halogens is 5. The van der Waals surface area contributed by atoms with Crippen LogP contribution in [0.3, 0.4) is 0 Å². The van der Waals surface area contributed by atoms with Crippen molar-refractivity contribution in [1.82, 2.24) is 5.32 Å². The van der Waals surface area contributed by atoms with Gasteiger partial charge in [0.2, 0.25) is 0 Å². The molecule has 0 saturated carbocycles. The lowest BCUT2D eigenvalue weighted by atomic mass is 10.2. The third-order valence-corrected chi connectivity index (χ3v) is 4.82. The molecule has 0 aromatic heterocycles. The van der Waals surface area contributed by atoms with Gasteiger partial charge in [-0.2, -0.15) is 13.2 Å². The molecule has 34 heavy (non-hydrogen) atoms. The number of amides is 4. The van der Waals surface area contributed by atoms with E-state index in [0.717, 1.165) is 29.2 Å². The summed E-state index contributed by atoms with van der Waals surface area (Å²) in [5.41, 5.74) is -0.711. The topological polar surface area (TPSA) is 73.5 Å². The average Bonchev–Trinajstić information content (AvgIpc) is 2.79. The summed E-state index contributed by atoms with van der Waals surface area (Å²) in [5.74, 6) is -0.708. The largest absolute Gasteiger partial charge is 0.416 e. The maximum absolute atomic E-state index is 14.0. The Balaban J connectivity index is 1.73. The third kappa shape index (κ3) is 6.85. The molecule has 0 spiro atoms. The Labute approximate surface area is 197 Å². The predicted octanol–water partition coefficient (Wildman–Crippen LogP) is 6.36. The first-order valence-corrected chi connectivity index (χ1v) is 10.3. The number of hydrogen-bond acceptors (Lipinski definition) is 2. The van der Waals surface area contributed by atoms with Gasteiger partial charge in [-0.3, -0.25) is 4.90 Å². The molecule has 0 fully saturated rings. The van der Waals surface area contributed by atoms with Crippen molar-refractivity contribution in [1.29, 1.82) is 0 Å². The van der Waals surface area contributed by atoms with Crippen LogP contribution < -0.4 is 20.9 Å². The quantitative estimate of drug-likeness (QED) is 0.349. The third-order valence-electron chi connectivity index (χ3n) is 4.57. The average molecular weight is 495 g/mol. The number of rotatable bonds is 6. The first kappa shape index (κ1) is 24.8. The number of benzene rings is 3. The van der Waals surface area contributed by atoms with Crippen LogP contribution in [0.1, 0.15) is 5.56 Å². The molecule has 178 valence electrons. The SMILES string of the molecule is O=C(NCCN(C(=O)Nc1ccccc1F)c1cccc(C(F)(F)F)c1)Nc1ccc(Cl)cc1. The van der Waals surface area contributed by atoms with Crippen molar-refractivity contribution in [2.45, 2.75) is 6.18 Å². The van der Waals surface area contributed by atoms with Crippen LogP contribution in [0.2, 0.25) is 5.02 Å². The van der Waals surface area contributed by atoms with Gasteiger partial charge in [-0.25, -0.2) is 14.0 Å². The summed E-state index contributed by atoms with van der Waals surface area (Å²) in [6.07, 6.45) is -4.62. The number of carbonyl (C=O) groups excluding carboxylic acids is 2. The van der Waals surface area contributed by atoms with Gasteiger partial charge in [-0.15, -0.1) is 0 Å². The van der Waals surface area contributed by atoms with Crippen LogP contribution in [0.4, 0.5) is 44.2 Å². The van der Waals surface area contributed by atoms with Gasteiger partial charge in [0, 0.05) is 29.5 Å². The molecule has 0 aliphatic carbocycles. The lowest BCUT2D eigenvalue weighted by molar-refractivity contribution is -0.137. The van der Waals surface area contributed by atoms with Crippen LogP contribution in [-0.2, 0) is 6.18 Å². The molecule has 0 radical (unpaired) electrons. The van der Waals surface area contributed by atoms with Gasteiger partial charge in [-0.05, 0) is 54.6 Å². The Kier molecular flexibility index (Phi) is 7.95. The van der Waals surface area contributed by atoms with Gasteiger partial charge in [0.1, 0.15) is 5.82 Å². The molecule has 0 unspecified atom stereocenters. The molecule has 0 bridgehead atoms. The molecule has 3 aromatic carbocycles. The van der Waals surface area contributed by atoms with Crippen molar-refractivity contribution < 1.29 is 27.2 Å². The first-order valence-electron chi connectivity index (χ1n) is 9.94. The van der Waals surface area contributed by atoms with E-state index in [1.54, 1.807) is 24.3 Å². The zero-order valence-electron chi connectivity index (χ0n) is 17.5. The van der Waals surface area contributed by atoms with Gasteiger partial charge >= 0.3 is 18.2 Å². The van der Waals surface area contributed by atoms with E-state index in [0.29, 0.717) is 10.7 Å². The molecule has 0 heterocycles. The summed E-state index contributed by atoms with van der Waals surface area (Å²) >= 11 is 5.80. The van der Waals surface area contributed by atoms with Crippen molar-refractivity contribution in [2.75, 3.05) is 28.6 Å². The zero-order chi connectivity index (χ0) is 24.7. The molecule has 11 heteroatoms. The lowest BCUT2D eigenvalue weighted by Gasteiger charge is -2.24.